The molecular weight excluding hydrogens is 480 g/mol. The van der Waals surface area contributed by atoms with Crippen LogP contribution >= 0.6 is 0 Å². The first kappa shape index (κ1) is 30.4. The maximum atomic E-state index is 11.9. The molecule has 0 spiro atoms. The van der Waals surface area contributed by atoms with Gasteiger partial charge < -0.3 is 20.3 Å². The van der Waals surface area contributed by atoms with Crippen molar-refractivity contribution in [3.63, 3.8) is 0 Å². The first-order valence-corrected chi connectivity index (χ1v) is 14.3. The Morgan fingerprint density at radius 1 is 1.29 bits per heavy atom. The molecule has 1 fully saturated rings. The highest BCUT2D eigenvalue weighted by atomic mass is 16.6. The van der Waals surface area contributed by atoms with Crippen molar-refractivity contribution < 1.29 is 14.4 Å². The van der Waals surface area contributed by atoms with Crippen molar-refractivity contribution in [2.24, 2.45) is 0 Å². The Morgan fingerprint density at radius 2 is 2.08 bits per heavy atom. The molecule has 1 saturated heterocycles. The molecule has 2 aliphatic heterocycles. The van der Waals surface area contributed by atoms with Gasteiger partial charge in [-0.1, -0.05) is 31.2 Å². The molecule has 2 heterocycles. The van der Waals surface area contributed by atoms with E-state index in [0.29, 0.717) is 24.6 Å². The monoisotopic (exact) mass is 530 g/mol. The fourth-order valence-corrected chi connectivity index (χ4v) is 5.35. The zero-order valence-electron chi connectivity index (χ0n) is 24.0. The number of nitrogens with zero attached hydrogens (tertiary/aromatic N) is 2. The van der Waals surface area contributed by atoms with Crippen LogP contribution in [0.4, 0.5) is 0 Å². The van der Waals surface area contributed by atoms with Gasteiger partial charge in [-0.25, -0.2) is 5.48 Å². The number of hydroxylamine groups is 1. The van der Waals surface area contributed by atoms with E-state index in [1.54, 1.807) is 0 Å². The second kappa shape index (κ2) is 16.1. The molecular formula is C29H50N6O3. The summed E-state index contributed by atoms with van der Waals surface area (Å²) in [5, 5.41) is 10.7. The van der Waals surface area contributed by atoms with Crippen LogP contribution in [-0.2, 0) is 14.4 Å². The van der Waals surface area contributed by atoms with E-state index >= 15 is 0 Å². The van der Waals surface area contributed by atoms with E-state index in [-0.39, 0.29) is 18.3 Å². The summed E-state index contributed by atoms with van der Waals surface area (Å²) in [6, 6.07) is 0.692. The Bertz CT molecular complexity index is 862. The van der Waals surface area contributed by atoms with Crippen LogP contribution in [0.2, 0.25) is 0 Å². The lowest BCUT2D eigenvalue weighted by molar-refractivity contribution is -0.127. The fourth-order valence-electron chi connectivity index (χ4n) is 5.35. The summed E-state index contributed by atoms with van der Waals surface area (Å²) in [7, 11) is 1.41. The Labute approximate surface area is 229 Å². The van der Waals surface area contributed by atoms with Crippen molar-refractivity contribution in [2.75, 3.05) is 53.0 Å². The number of amides is 1. The van der Waals surface area contributed by atoms with Crippen molar-refractivity contribution in [2.45, 2.75) is 77.7 Å². The van der Waals surface area contributed by atoms with E-state index in [4.69, 9.17) is 9.57 Å². The van der Waals surface area contributed by atoms with Crippen LogP contribution in [0, 0.1) is 0 Å². The number of carbonyl (C=O) groups is 1. The number of piperazine rings is 1. The summed E-state index contributed by atoms with van der Waals surface area (Å²) < 4.78 is 5.82. The Kier molecular flexibility index (Phi) is 12.8. The summed E-state index contributed by atoms with van der Waals surface area (Å²) >= 11 is 0. The molecule has 0 radical (unpaired) electrons. The number of hydrogen-bond acceptors (Lipinski definition) is 8. The summed E-state index contributed by atoms with van der Waals surface area (Å²) in [5.41, 5.74) is 6.68. The summed E-state index contributed by atoms with van der Waals surface area (Å²) in [6.45, 7) is 17.6. The highest BCUT2D eigenvalue weighted by Gasteiger charge is 2.25. The van der Waals surface area contributed by atoms with Gasteiger partial charge in [0.2, 0.25) is 0 Å². The third-order valence-corrected chi connectivity index (χ3v) is 7.73. The molecule has 0 saturated carbocycles. The van der Waals surface area contributed by atoms with Crippen LogP contribution in [-0.4, -0.2) is 87.1 Å². The number of ether oxygens (including phenoxy) is 1. The average molecular weight is 531 g/mol. The molecule has 0 aromatic heterocycles. The molecule has 38 heavy (non-hydrogen) atoms. The zero-order valence-corrected chi connectivity index (χ0v) is 24.0. The summed E-state index contributed by atoms with van der Waals surface area (Å²) in [5.74, 6) is -0.315. The quantitative estimate of drug-likeness (QED) is 0.155. The van der Waals surface area contributed by atoms with E-state index < -0.39 is 0 Å². The molecule has 9 heteroatoms. The number of likely N-dealkylation sites (N-methyl/N-ethyl adjacent to an activating group) is 1. The van der Waals surface area contributed by atoms with Crippen LogP contribution in [0.25, 0.3) is 0 Å². The van der Waals surface area contributed by atoms with E-state index in [0.717, 1.165) is 32.2 Å². The highest BCUT2D eigenvalue weighted by molar-refractivity contribution is 5.92. The largest absolute Gasteiger partial charge is 0.374 e. The van der Waals surface area contributed by atoms with E-state index in [9.17, 15) is 4.79 Å². The van der Waals surface area contributed by atoms with E-state index in [1.165, 1.54) is 63.1 Å². The van der Waals surface area contributed by atoms with Gasteiger partial charge in [-0.15, -0.1) is 0 Å². The standard InChI is InChI=1S/C29H50N6O3/c1-6-34-14-16-35(17-15-34)26-12-10-25(11-13-26)32-29-30-20-24(21-31-29)9-8-22(3)18-27(38-7-2)19-23(4)28(36)33-37-5/h10,18,20,26-27,29-32H,4,6-9,11-17,19,21H2,1-3,5H3,(H,33,36)/b22-18+/t26?,27-,29-/m0/s1. The third-order valence-electron chi connectivity index (χ3n) is 7.73. The zero-order chi connectivity index (χ0) is 27.3. The van der Waals surface area contributed by atoms with Gasteiger partial charge in [0.1, 0.15) is 0 Å². The molecule has 3 atom stereocenters. The minimum absolute atomic E-state index is 0.0675. The van der Waals surface area contributed by atoms with Gasteiger partial charge >= 0.3 is 0 Å². The lowest BCUT2D eigenvalue weighted by atomic mass is 9.97. The first-order chi connectivity index (χ1) is 18.4. The molecule has 3 aliphatic rings. The second-order valence-corrected chi connectivity index (χ2v) is 10.5. The number of carbonyl (C=O) groups excluding carboxylic acids is 1. The van der Waals surface area contributed by atoms with Crippen LogP contribution in [0.1, 0.15) is 59.3 Å². The third kappa shape index (κ3) is 9.85. The normalized spacial score (nSPS) is 24.2. The Hall–Kier alpha value is -2.17. The first-order valence-electron chi connectivity index (χ1n) is 14.3. The second-order valence-electron chi connectivity index (χ2n) is 10.5. The molecule has 4 N–H and O–H groups in total. The van der Waals surface area contributed by atoms with Crippen LogP contribution in [0.5, 0.6) is 0 Å². The van der Waals surface area contributed by atoms with Gasteiger partial charge in [0.15, 0.2) is 6.29 Å². The Balaban J connectivity index is 1.38. The molecule has 0 aromatic carbocycles. The van der Waals surface area contributed by atoms with Crippen LogP contribution in [0.15, 0.2) is 47.3 Å². The predicted octanol–water partition coefficient (Wildman–Crippen LogP) is 2.77. The number of allylic oxidation sites excluding steroid dienone is 2. The SMILES string of the molecule is C=C(C[C@H](/C=C(\C)CCC1=CN[C@H](NC2=CCC(N3CCN(CC)CC3)CC2)NC1)OCC)C(=O)NOC. The van der Waals surface area contributed by atoms with Gasteiger partial charge in [-0.3, -0.25) is 19.8 Å². The fraction of sp³-hybridized carbons (Fsp3) is 0.690. The number of rotatable bonds is 14. The highest BCUT2D eigenvalue weighted by Crippen LogP contribution is 2.23. The van der Waals surface area contributed by atoms with Gasteiger partial charge in [0.25, 0.3) is 5.91 Å². The average Bonchev–Trinajstić information content (AvgIpc) is 2.93. The van der Waals surface area contributed by atoms with E-state index in [1.807, 2.05) is 6.92 Å². The maximum absolute atomic E-state index is 11.9. The van der Waals surface area contributed by atoms with E-state index in [2.05, 4.69) is 70.0 Å². The topological polar surface area (TPSA) is 90.1 Å². The molecule has 1 aliphatic carbocycles. The van der Waals surface area contributed by atoms with Crippen molar-refractivity contribution in [3.8, 4) is 0 Å². The molecule has 214 valence electrons. The molecule has 1 unspecified atom stereocenters. The molecule has 9 nitrogen and oxygen atoms in total. The van der Waals surface area contributed by atoms with Crippen molar-refractivity contribution in [1.29, 1.82) is 0 Å². The smallest absolute Gasteiger partial charge is 0.270 e. The van der Waals surface area contributed by atoms with Gasteiger partial charge in [-0.2, -0.15) is 0 Å². The molecule has 1 amide bonds. The van der Waals surface area contributed by atoms with Crippen LogP contribution in [0.3, 0.4) is 0 Å². The number of nitrogens with one attached hydrogen (secondary N) is 4. The lowest BCUT2D eigenvalue weighted by Gasteiger charge is -2.40. The minimum atomic E-state index is -0.315. The summed E-state index contributed by atoms with van der Waals surface area (Å²) in [4.78, 5) is 21.8. The van der Waals surface area contributed by atoms with Gasteiger partial charge in [0, 0.05) is 63.1 Å². The maximum Gasteiger partial charge on any atom is 0.270 e. The molecule has 3 rings (SSSR count). The predicted molar refractivity (Wildman–Crippen MR) is 153 cm³/mol. The van der Waals surface area contributed by atoms with Crippen molar-refractivity contribution in [3.05, 3.63) is 47.3 Å². The molecule has 0 bridgehead atoms. The Morgan fingerprint density at radius 3 is 2.68 bits per heavy atom. The summed E-state index contributed by atoms with van der Waals surface area (Å²) in [6.07, 6.45) is 12.4. The van der Waals surface area contributed by atoms with Crippen molar-refractivity contribution >= 4 is 5.91 Å². The number of hydrogen-bond donors (Lipinski definition) is 4. The lowest BCUT2D eigenvalue weighted by Crippen LogP contribution is -2.54. The van der Waals surface area contributed by atoms with Gasteiger partial charge in [0.05, 0.1) is 13.2 Å². The molecule has 0 aromatic rings. The van der Waals surface area contributed by atoms with Crippen molar-refractivity contribution in [1.82, 2.24) is 31.2 Å². The van der Waals surface area contributed by atoms with Gasteiger partial charge in [-0.05, 0) is 64.3 Å². The minimum Gasteiger partial charge on any atom is -0.374 e. The van der Waals surface area contributed by atoms with Crippen LogP contribution < -0.4 is 21.4 Å².